The molecule has 0 N–H and O–H groups in total. The van der Waals surface area contributed by atoms with Crippen LogP contribution in [0.5, 0.6) is 0 Å². The first-order chi connectivity index (χ1) is 14.5. The van der Waals surface area contributed by atoms with Gasteiger partial charge in [0.2, 0.25) is 0 Å². The summed E-state index contributed by atoms with van der Waals surface area (Å²) in [7, 11) is 6.39. The van der Waals surface area contributed by atoms with Gasteiger partial charge in [-0.15, -0.1) is 0 Å². The van der Waals surface area contributed by atoms with Gasteiger partial charge in [-0.05, 0) is 38.8 Å². The van der Waals surface area contributed by atoms with Crippen molar-refractivity contribution in [3.63, 3.8) is 0 Å². The molecule has 30 heavy (non-hydrogen) atoms. The predicted octanol–water partition coefficient (Wildman–Crippen LogP) is 3.10. The molecule has 0 unspecified atom stereocenters. The van der Waals surface area contributed by atoms with Gasteiger partial charge in [0.15, 0.2) is 5.76 Å². The summed E-state index contributed by atoms with van der Waals surface area (Å²) in [6.07, 6.45) is 6.64. The number of carbonyl (C=O) groups is 1. The third-order valence-corrected chi connectivity index (χ3v) is 5.28. The van der Waals surface area contributed by atoms with E-state index in [1.54, 1.807) is 34.5 Å². The van der Waals surface area contributed by atoms with Crippen LogP contribution in [0, 0.1) is 0 Å². The van der Waals surface area contributed by atoms with Crippen LogP contribution >= 0.6 is 0 Å². The number of hydrogen-bond acceptors (Lipinski definition) is 6. The molecule has 0 radical (unpaired) electrons. The summed E-state index contributed by atoms with van der Waals surface area (Å²) < 4.78 is 21.2. The lowest BCUT2D eigenvalue weighted by Gasteiger charge is -2.25. The zero-order chi connectivity index (χ0) is 22.4. The van der Waals surface area contributed by atoms with E-state index in [9.17, 15) is 4.79 Å². The standard InChI is InChI=1S/C23H38N2O5/c1-7-21(29-5)22(30-6)17-20(28-4)12-13-23(26)24(8-2)15-10-16-25-14-9-11-19(25)18-27-3/h7,13,19H,1,8-11,14-18H2,2-6H3/b22-21-/t12?,19-/m1/s1. The molecule has 1 fully saturated rings. The van der Waals surface area contributed by atoms with E-state index in [2.05, 4.69) is 17.2 Å². The maximum atomic E-state index is 12.6. The Morgan fingerprint density at radius 1 is 1.23 bits per heavy atom. The number of allylic oxidation sites excluding steroid dienone is 1. The molecule has 1 rings (SSSR count). The number of likely N-dealkylation sites (tertiary alicyclic amines) is 1. The molecule has 1 saturated heterocycles. The molecule has 0 bridgehead atoms. The summed E-state index contributed by atoms with van der Waals surface area (Å²) in [5.41, 5.74) is 2.95. The first kappa shape index (κ1) is 25.8. The minimum atomic E-state index is -0.0828. The monoisotopic (exact) mass is 422 g/mol. The van der Waals surface area contributed by atoms with E-state index >= 15 is 0 Å². The van der Waals surface area contributed by atoms with Crippen LogP contribution in [0.4, 0.5) is 0 Å². The molecule has 0 spiro atoms. The van der Waals surface area contributed by atoms with Gasteiger partial charge in [0.05, 0.1) is 34.4 Å². The van der Waals surface area contributed by atoms with E-state index in [1.807, 2.05) is 11.8 Å². The summed E-state index contributed by atoms with van der Waals surface area (Å²) >= 11 is 0. The average Bonchev–Trinajstić information content (AvgIpc) is 3.20. The Labute approximate surface area is 181 Å². The Morgan fingerprint density at radius 2 is 2.00 bits per heavy atom. The topological polar surface area (TPSA) is 60.5 Å². The maximum absolute atomic E-state index is 12.6. The van der Waals surface area contributed by atoms with Gasteiger partial charge >= 0.3 is 0 Å². The molecule has 1 aliphatic heterocycles. The second kappa shape index (κ2) is 14.7. The third kappa shape index (κ3) is 8.27. The van der Waals surface area contributed by atoms with Crippen molar-refractivity contribution in [2.75, 3.05) is 61.2 Å². The highest BCUT2D eigenvalue weighted by molar-refractivity contribution is 5.87. The predicted molar refractivity (Wildman–Crippen MR) is 118 cm³/mol. The van der Waals surface area contributed by atoms with Gasteiger partial charge in [0.1, 0.15) is 11.5 Å². The Balaban J connectivity index is 2.69. The molecule has 1 atom stereocenters. The maximum Gasteiger partial charge on any atom is 0.254 e. The van der Waals surface area contributed by atoms with Gasteiger partial charge in [0, 0.05) is 38.9 Å². The summed E-state index contributed by atoms with van der Waals surface area (Å²) in [4.78, 5) is 16.9. The third-order valence-electron chi connectivity index (χ3n) is 5.28. The average molecular weight is 423 g/mol. The van der Waals surface area contributed by atoms with Crippen molar-refractivity contribution in [2.24, 2.45) is 0 Å². The van der Waals surface area contributed by atoms with Gasteiger partial charge in [0.25, 0.3) is 5.91 Å². The Kier molecular flexibility index (Phi) is 12.7. The quantitative estimate of drug-likeness (QED) is 0.186. The van der Waals surface area contributed by atoms with E-state index in [0.29, 0.717) is 42.8 Å². The number of carbonyl (C=O) groups excluding carboxylic acids is 1. The van der Waals surface area contributed by atoms with Crippen molar-refractivity contribution in [3.8, 4) is 0 Å². The van der Waals surface area contributed by atoms with Gasteiger partial charge < -0.3 is 23.8 Å². The molecule has 7 nitrogen and oxygen atoms in total. The Hall–Kier alpha value is -2.21. The highest BCUT2D eigenvalue weighted by atomic mass is 16.5. The van der Waals surface area contributed by atoms with Crippen molar-refractivity contribution < 1.29 is 23.7 Å². The molecule has 0 aliphatic carbocycles. The molecular formula is C23H38N2O5. The van der Waals surface area contributed by atoms with Crippen LogP contribution in [0.1, 0.15) is 32.6 Å². The zero-order valence-corrected chi connectivity index (χ0v) is 19.2. The van der Waals surface area contributed by atoms with Crippen LogP contribution < -0.4 is 0 Å². The number of likely N-dealkylation sites (N-methyl/N-ethyl adjacent to an activating group) is 1. The van der Waals surface area contributed by atoms with Crippen LogP contribution in [0.25, 0.3) is 0 Å². The van der Waals surface area contributed by atoms with Crippen LogP contribution in [0.3, 0.4) is 0 Å². The largest absolute Gasteiger partial charge is 0.497 e. The molecule has 1 heterocycles. The van der Waals surface area contributed by atoms with Crippen molar-refractivity contribution in [1.82, 2.24) is 9.80 Å². The number of ether oxygens (including phenoxy) is 4. The molecule has 1 aliphatic rings. The zero-order valence-electron chi connectivity index (χ0n) is 19.2. The molecular weight excluding hydrogens is 384 g/mol. The SMILES string of the molecule is C=C/C(OC)=C(\CC(=C=CC(=O)N(CC)CCCN1CCC[C@@H]1COC)OC)OC. The highest BCUT2D eigenvalue weighted by Gasteiger charge is 2.23. The fourth-order valence-electron chi connectivity index (χ4n) is 3.59. The lowest BCUT2D eigenvalue weighted by atomic mass is 10.2. The summed E-state index contributed by atoms with van der Waals surface area (Å²) in [6, 6.07) is 0.503. The van der Waals surface area contributed by atoms with Crippen LogP contribution in [0.2, 0.25) is 0 Å². The van der Waals surface area contributed by atoms with Crippen molar-refractivity contribution in [1.29, 1.82) is 0 Å². The number of amides is 1. The normalized spacial score (nSPS) is 16.9. The molecule has 0 saturated carbocycles. The van der Waals surface area contributed by atoms with E-state index in [4.69, 9.17) is 18.9 Å². The number of rotatable bonds is 14. The van der Waals surface area contributed by atoms with E-state index in [-0.39, 0.29) is 5.91 Å². The van der Waals surface area contributed by atoms with Gasteiger partial charge in [-0.1, -0.05) is 12.3 Å². The van der Waals surface area contributed by atoms with Gasteiger partial charge in [-0.2, -0.15) is 0 Å². The van der Waals surface area contributed by atoms with Crippen LogP contribution in [-0.2, 0) is 23.7 Å². The molecule has 1 amide bonds. The van der Waals surface area contributed by atoms with Crippen molar-refractivity contribution >= 4 is 5.91 Å². The van der Waals surface area contributed by atoms with E-state index < -0.39 is 0 Å². The smallest absolute Gasteiger partial charge is 0.254 e. The first-order valence-corrected chi connectivity index (χ1v) is 10.5. The molecule has 170 valence electrons. The van der Waals surface area contributed by atoms with Crippen molar-refractivity contribution in [3.05, 3.63) is 41.7 Å². The van der Waals surface area contributed by atoms with Crippen LogP contribution in [0.15, 0.2) is 41.7 Å². The Morgan fingerprint density at radius 3 is 2.57 bits per heavy atom. The minimum Gasteiger partial charge on any atom is -0.497 e. The lowest BCUT2D eigenvalue weighted by Crippen LogP contribution is -2.36. The lowest BCUT2D eigenvalue weighted by molar-refractivity contribution is -0.125. The highest BCUT2D eigenvalue weighted by Crippen LogP contribution is 2.18. The fourth-order valence-corrected chi connectivity index (χ4v) is 3.59. The molecule has 7 heteroatoms. The van der Waals surface area contributed by atoms with Gasteiger partial charge in [-0.25, -0.2) is 0 Å². The number of methoxy groups -OCH3 is 4. The minimum absolute atomic E-state index is 0.0828. The summed E-state index contributed by atoms with van der Waals surface area (Å²) in [5, 5.41) is 0. The summed E-state index contributed by atoms with van der Waals surface area (Å²) in [5.74, 6) is 1.47. The number of hydrogen-bond donors (Lipinski definition) is 0. The van der Waals surface area contributed by atoms with Crippen LogP contribution in [-0.4, -0.2) is 83.0 Å². The Bertz CT molecular complexity index is 638. The molecule has 0 aromatic heterocycles. The van der Waals surface area contributed by atoms with Crippen molar-refractivity contribution in [2.45, 2.75) is 38.6 Å². The molecule has 0 aromatic rings. The molecule has 0 aromatic carbocycles. The first-order valence-electron chi connectivity index (χ1n) is 10.5. The number of nitrogens with zero attached hydrogens (tertiary/aromatic N) is 2. The van der Waals surface area contributed by atoms with E-state index in [1.165, 1.54) is 18.9 Å². The summed E-state index contributed by atoms with van der Waals surface area (Å²) in [6.45, 7) is 9.90. The second-order valence-corrected chi connectivity index (χ2v) is 7.05. The van der Waals surface area contributed by atoms with E-state index in [0.717, 1.165) is 26.1 Å². The second-order valence-electron chi connectivity index (χ2n) is 7.05. The van der Waals surface area contributed by atoms with Gasteiger partial charge in [-0.3, -0.25) is 9.69 Å². The fraction of sp³-hybridized carbons (Fsp3) is 0.652.